The van der Waals surface area contributed by atoms with Gasteiger partial charge in [-0.15, -0.1) is 0 Å². The molecule has 2 heterocycles. The van der Waals surface area contributed by atoms with Gasteiger partial charge < -0.3 is 14.4 Å². The summed E-state index contributed by atoms with van der Waals surface area (Å²) in [5.74, 6) is 0.871. The predicted molar refractivity (Wildman–Crippen MR) is 120 cm³/mol. The van der Waals surface area contributed by atoms with Crippen LogP contribution in [0.4, 0.5) is 0 Å². The zero-order chi connectivity index (χ0) is 21.0. The van der Waals surface area contributed by atoms with Crippen LogP contribution in [0, 0.1) is 0 Å². The van der Waals surface area contributed by atoms with E-state index in [-0.39, 0.29) is 18.1 Å². The second-order valence-corrected chi connectivity index (χ2v) is 8.51. The molecule has 31 heavy (non-hydrogen) atoms. The molecule has 0 radical (unpaired) electrons. The van der Waals surface area contributed by atoms with E-state index < -0.39 is 0 Å². The van der Waals surface area contributed by atoms with Crippen LogP contribution in [0.3, 0.4) is 0 Å². The standard InChI is InChI=1S/C26H28N2O3/c29-26(25-14-11-20-5-1-4-8-24(20)27-25)28(21-6-2-3-7-21)17-19-9-12-22(13-10-19)31-23-15-16-30-18-23/h1,4-5,8-14,21,23H,2-3,6-7,15-18H2. The molecule has 1 amide bonds. The van der Waals surface area contributed by atoms with Gasteiger partial charge in [0.2, 0.25) is 0 Å². The van der Waals surface area contributed by atoms with E-state index in [2.05, 4.69) is 17.1 Å². The van der Waals surface area contributed by atoms with Gasteiger partial charge in [0.1, 0.15) is 17.5 Å². The lowest BCUT2D eigenvalue weighted by Crippen LogP contribution is -2.38. The molecule has 0 bridgehead atoms. The van der Waals surface area contributed by atoms with Gasteiger partial charge >= 0.3 is 0 Å². The monoisotopic (exact) mass is 416 g/mol. The van der Waals surface area contributed by atoms with E-state index in [4.69, 9.17) is 9.47 Å². The molecule has 1 saturated heterocycles. The van der Waals surface area contributed by atoms with E-state index in [1.807, 2.05) is 53.4 Å². The van der Waals surface area contributed by atoms with Crippen molar-refractivity contribution in [2.45, 2.75) is 50.8 Å². The maximum Gasteiger partial charge on any atom is 0.273 e. The zero-order valence-corrected chi connectivity index (χ0v) is 17.7. The van der Waals surface area contributed by atoms with Gasteiger partial charge in [-0.1, -0.05) is 49.2 Å². The average molecular weight is 417 g/mol. The Morgan fingerprint density at radius 2 is 1.81 bits per heavy atom. The Hall–Kier alpha value is -2.92. The third-order valence-corrected chi connectivity index (χ3v) is 6.31. The van der Waals surface area contributed by atoms with Gasteiger partial charge in [-0.25, -0.2) is 4.98 Å². The molecule has 5 heteroatoms. The Bertz CT molecular complexity index is 1040. The lowest BCUT2D eigenvalue weighted by Gasteiger charge is -2.29. The van der Waals surface area contributed by atoms with E-state index in [0.29, 0.717) is 18.8 Å². The van der Waals surface area contributed by atoms with Crippen LogP contribution in [0.15, 0.2) is 60.7 Å². The Kier molecular flexibility index (Phi) is 5.85. The zero-order valence-electron chi connectivity index (χ0n) is 17.7. The first-order chi connectivity index (χ1) is 15.3. The van der Waals surface area contributed by atoms with Crippen LogP contribution in [0.5, 0.6) is 5.75 Å². The molecule has 5 rings (SSSR count). The predicted octanol–water partition coefficient (Wildman–Crippen LogP) is 4.99. The number of carbonyl (C=O) groups excluding carboxylic acids is 1. The molecule has 0 spiro atoms. The van der Waals surface area contributed by atoms with E-state index in [0.717, 1.165) is 48.1 Å². The fraction of sp³-hybridized carbons (Fsp3) is 0.385. The van der Waals surface area contributed by atoms with Gasteiger partial charge in [-0.2, -0.15) is 0 Å². The minimum Gasteiger partial charge on any atom is -0.488 e. The second-order valence-electron chi connectivity index (χ2n) is 8.51. The van der Waals surface area contributed by atoms with E-state index in [9.17, 15) is 4.79 Å². The second kappa shape index (κ2) is 9.06. The number of pyridine rings is 1. The highest BCUT2D eigenvalue weighted by Gasteiger charge is 2.28. The average Bonchev–Trinajstić information content (AvgIpc) is 3.52. The lowest BCUT2D eigenvalue weighted by molar-refractivity contribution is 0.0659. The first kappa shape index (κ1) is 20.0. The first-order valence-corrected chi connectivity index (χ1v) is 11.3. The van der Waals surface area contributed by atoms with Crippen molar-refractivity contribution >= 4 is 16.8 Å². The van der Waals surface area contributed by atoms with Crippen molar-refractivity contribution in [1.82, 2.24) is 9.88 Å². The summed E-state index contributed by atoms with van der Waals surface area (Å²) in [7, 11) is 0. The summed E-state index contributed by atoms with van der Waals surface area (Å²) in [6.45, 7) is 2.01. The van der Waals surface area contributed by atoms with Crippen LogP contribution in [0.2, 0.25) is 0 Å². The van der Waals surface area contributed by atoms with Gasteiger partial charge in [0.05, 0.1) is 18.7 Å². The molecule has 1 aliphatic heterocycles. The summed E-state index contributed by atoms with van der Waals surface area (Å²) < 4.78 is 11.4. The molecule has 160 valence electrons. The lowest BCUT2D eigenvalue weighted by atomic mass is 10.1. The molecule has 2 aliphatic rings. The largest absolute Gasteiger partial charge is 0.488 e. The Morgan fingerprint density at radius 1 is 1.00 bits per heavy atom. The Morgan fingerprint density at radius 3 is 2.58 bits per heavy atom. The number of rotatable bonds is 6. The Labute approximate surface area is 183 Å². The van der Waals surface area contributed by atoms with Gasteiger partial charge in [-0.3, -0.25) is 4.79 Å². The highest BCUT2D eigenvalue weighted by molar-refractivity contribution is 5.95. The van der Waals surface area contributed by atoms with Gasteiger partial charge in [0, 0.05) is 24.4 Å². The van der Waals surface area contributed by atoms with Crippen LogP contribution in [-0.4, -0.2) is 41.2 Å². The number of benzene rings is 2. The van der Waals surface area contributed by atoms with Crippen molar-refractivity contribution in [1.29, 1.82) is 0 Å². The van der Waals surface area contributed by atoms with Crippen molar-refractivity contribution in [2.24, 2.45) is 0 Å². The number of para-hydroxylation sites is 1. The third kappa shape index (κ3) is 4.57. The molecular formula is C26H28N2O3. The molecule has 1 unspecified atom stereocenters. The van der Waals surface area contributed by atoms with Crippen molar-refractivity contribution in [2.75, 3.05) is 13.2 Å². The summed E-state index contributed by atoms with van der Waals surface area (Å²) in [5.41, 5.74) is 2.49. The number of amides is 1. The summed E-state index contributed by atoms with van der Waals surface area (Å²) in [6, 6.07) is 20.2. The molecule has 1 aliphatic carbocycles. The fourth-order valence-electron chi connectivity index (χ4n) is 4.58. The number of aromatic nitrogens is 1. The fourth-order valence-corrected chi connectivity index (χ4v) is 4.58. The number of hydrogen-bond donors (Lipinski definition) is 0. The number of hydrogen-bond acceptors (Lipinski definition) is 4. The molecule has 2 aromatic carbocycles. The van der Waals surface area contributed by atoms with Crippen LogP contribution >= 0.6 is 0 Å². The highest BCUT2D eigenvalue weighted by Crippen LogP contribution is 2.27. The number of nitrogens with zero attached hydrogens (tertiary/aromatic N) is 2. The third-order valence-electron chi connectivity index (χ3n) is 6.31. The minimum absolute atomic E-state index is 0.0149. The minimum atomic E-state index is 0.0149. The van der Waals surface area contributed by atoms with Crippen molar-refractivity contribution < 1.29 is 14.3 Å². The maximum atomic E-state index is 13.5. The molecule has 0 N–H and O–H groups in total. The first-order valence-electron chi connectivity index (χ1n) is 11.3. The molecule has 2 fully saturated rings. The van der Waals surface area contributed by atoms with Gasteiger partial charge in [-0.05, 0) is 42.7 Å². The van der Waals surface area contributed by atoms with E-state index in [1.165, 1.54) is 12.8 Å². The summed E-state index contributed by atoms with van der Waals surface area (Å²) >= 11 is 0. The topological polar surface area (TPSA) is 51.7 Å². The van der Waals surface area contributed by atoms with E-state index in [1.54, 1.807) is 0 Å². The van der Waals surface area contributed by atoms with Crippen LogP contribution in [-0.2, 0) is 11.3 Å². The number of fused-ring (bicyclic) bond motifs is 1. The summed E-state index contributed by atoms with van der Waals surface area (Å²) in [4.78, 5) is 20.2. The van der Waals surface area contributed by atoms with Crippen molar-refractivity contribution in [3.05, 3.63) is 71.9 Å². The number of ether oxygens (including phenoxy) is 2. The molecule has 5 nitrogen and oxygen atoms in total. The highest BCUT2D eigenvalue weighted by atomic mass is 16.5. The van der Waals surface area contributed by atoms with E-state index >= 15 is 0 Å². The van der Waals surface area contributed by atoms with Crippen molar-refractivity contribution in [3.63, 3.8) is 0 Å². The SMILES string of the molecule is O=C(c1ccc2ccccc2n1)N(Cc1ccc(OC2CCOC2)cc1)C1CCCC1. The normalized spacial score (nSPS) is 19.0. The van der Waals surface area contributed by atoms with Crippen LogP contribution in [0.25, 0.3) is 10.9 Å². The van der Waals surface area contributed by atoms with Gasteiger partial charge in [0.25, 0.3) is 5.91 Å². The maximum absolute atomic E-state index is 13.5. The summed E-state index contributed by atoms with van der Waals surface area (Å²) in [6.07, 6.45) is 5.54. The van der Waals surface area contributed by atoms with Gasteiger partial charge in [0.15, 0.2) is 0 Å². The smallest absolute Gasteiger partial charge is 0.273 e. The quantitative estimate of drug-likeness (QED) is 0.568. The summed E-state index contributed by atoms with van der Waals surface area (Å²) in [5, 5.41) is 1.05. The molecule has 1 atom stereocenters. The molecular weight excluding hydrogens is 388 g/mol. The Balaban J connectivity index is 1.35. The van der Waals surface area contributed by atoms with Crippen LogP contribution < -0.4 is 4.74 Å². The number of carbonyl (C=O) groups is 1. The van der Waals surface area contributed by atoms with Crippen LogP contribution in [0.1, 0.15) is 48.2 Å². The molecule has 1 saturated carbocycles. The molecule has 3 aromatic rings. The molecule has 1 aromatic heterocycles. The van der Waals surface area contributed by atoms with Crippen molar-refractivity contribution in [3.8, 4) is 5.75 Å².